The van der Waals surface area contributed by atoms with Gasteiger partial charge >= 0.3 is 0 Å². The molecule has 1 saturated carbocycles. The van der Waals surface area contributed by atoms with Crippen molar-refractivity contribution in [1.82, 2.24) is 4.90 Å². The van der Waals surface area contributed by atoms with Crippen molar-refractivity contribution in [2.45, 2.75) is 51.9 Å². The first-order valence-electron chi connectivity index (χ1n) is 7.73. The fraction of sp³-hybridized carbons (Fsp3) is 1.00. The monoisotopic (exact) mass is 313 g/mol. The zero-order valence-electron chi connectivity index (χ0n) is 13.2. The molecule has 0 N–H and O–H groups in total. The molecule has 0 aromatic carbocycles. The van der Waals surface area contributed by atoms with E-state index in [1.165, 1.54) is 7.11 Å². The van der Waals surface area contributed by atoms with Gasteiger partial charge < -0.3 is 9.64 Å². The number of piperidine rings is 1. The Bertz CT molecular complexity index is 296. The highest BCUT2D eigenvalue weighted by Gasteiger charge is 2.56. The van der Waals surface area contributed by atoms with Crippen LogP contribution >= 0.6 is 0 Å². The second kappa shape index (κ2) is 7.77. The molecule has 1 aliphatic carbocycles. The topological polar surface area (TPSA) is 12.5 Å². The number of ether oxygens (including phenoxy) is 1. The van der Waals surface area contributed by atoms with Crippen LogP contribution in [0.25, 0.3) is 0 Å². The van der Waals surface area contributed by atoms with E-state index in [0.29, 0.717) is 39.1 Å². The number of likely N-dealkylation sites (tertiary alicyclic amines) is 1. The molecule has 0 spiro atoms. The van der Waals surface area contributed by atoms with Gasteiger partial charge in [0, 0.05) is 37.8 Å². The number of hydrogen-bond acceptors (Lipinski definition) is 2. The Balaban J connectivity index is 0.00000106. The van der Waals surface area contributed by atoms with Gasteiger partial charge in [0.15, 0.2) is 0 Å². The highest BCUT2D eigenvalue weighted by atomic mass is 19.3. The quantitative estimate of drug-likeness (QED) is 0.710. The van der Waals surface area contributed by atoms with Crippen LogP contribution in [-0.4, -0.2) is 50.6 Å². The average Bonchev–Trinajstić information content (AvgIpc) is 2.39. The second-order valence-corrected chi connectivity index (χ2v) is 6.09. The Morgan fingerprint density at radius 1 is 1.14 bits per heavy atom. The van der Waals surface area contributed by atoms with Gasteiger partial charge in [-0.2, -0.15) is 0 Å². The van der Waals surface area contributed by atoms with Crippen molar-refractivity contribution in [3.8, 4) is 0 Å². The second-order valence-electron chi connectivity index (χ2n) is 6.09. The van der Waals surface area contributed by atoms with Gasteiger partial charge in [0.1, 0.15) is 0 Å². The van der Waals surface area contributed by atoms with E-state index in [0.717, 1.165) is 0 Å². The van der Waals surface area contributed by atoms with Gasteiger partial charge in [0.2, 0.25) is 12.3 Å². The Labute approximate surface area is 124 Å². The number of alkyl halides is 4. The number of halogens is 4. The smallest absolute Gasteiger partial charge is 0.249 e. The standard InChI is InChI=1S/C13H21F4NO.C2H6/c1-19-9-12(6-13(16,17)7-12)8-18-4-2-10(3-5-18)11(14)15;1-2/h10-11H,2-9H2,1H3;1-2H3. The predicted octanol–water partition coefficient (Wildman–Crippen LogP) is 4.05. The van der Waals surface area contributed by atoms with Gasteiger partial charge in [-0.25, -0.2) is 17.6 Å². The van der Waals surface area contributed by atoms with Crippen LogP contribution in [0.2, 0.25) is 0 Å². The summed E-state index contributed by atoms with van der Waals surface area (Å²) in [4.78, 5) is 2.03. The highest BCUT2D eigenvalue weighted by Crippen LogP contribution is 2.52. The summed E-state index contributed by atoms with van der Waals surface area (Å²) in [6.07, 6.45) is -1.65. The highest BCUT2D eigenvalue weighted by molar-refractivity contribution is 5.01. The van der Waals surface area contributed by atoms with E-state index >= 15 is 0 Å². The van der Waals surface area contributed by atoms with Gasteiger partial charge in [-0.3, -0.25) is 0 Å². The van der Waals surface area contributed by atoms with Crippen molar-refractivity contribution in [2.75, 3.05) is 33.4 Å². The molecule has 0 amide bonds. The molecule has 0 aromatic heterocycles. The summed E-state index contributed by atoms with van der Waals surface area (Å²) in [7, 11) is 1.52. The maximum Gasteiger partial charge on any atom is 0.249 e. The van der Waals surface area contributed by atoms with E-state index in [9.17, 15) is 17.6 Å². The van der Waals surface area contributed by atoms with E-state index in [1.807, 2.05) is 18.7 Å². The van der Waals surface area contributed by atoms with E-state index in [2.05, 4.69) is 0 Å². The molecule has 21 heavy (non-hydrogen) atoms. The first-order chi connectivity index (χ1) is 9.86. The minimum Gasteiger partial charge on any atom is -0.384 e. The van der Waals surface area contributed by atoms with Crippen LogP contribution in [0, 0.1) is 11.3 Å². The first-order valence-corrected chi connectivity index (χ1v) is 7.73. The average molecular weight is 313 g/mol. The van der Waals surface area contributed by atoms with Gasteiger partial charge in [0.05, 0.1) is 6.61 Å². The predicted molar refractivity (Wildman–Crippen MR) is 75.0 cm³/mol. The van der Waals surface area contributed by atoms with Gasteiger partial charge in [-0.1, -0.05) is 13.8 Å². The maximum atomic E-state index is 13.1. The fourth-order valence-electron chi connectivity index (χ4n) is 3.45. The lowest BCUT2D eigenvalue weighted by Gasteiger charge is -2.50. The molecule has 0 atom stereocenters. The fourth-order valence-corrected chi connectivity index (χ4v) is 3.45. The first kappa shape index (κ1) is 18.7. The minimum absolute atomic E-state index is 0.150. The molecule has 1 heterocycles. The summed E-state index contributed by atoms with van der Waals surface area (Å²) in [6.45, 7) is 6.00. The molecule has 126 valence electrons. The molecular formula is C15H27F4NO. The third-order valence-corrected chi connectivity index (χ3v) is 4.27. The van der Waals surface area contributed by atoms with Crippen LogP contribution in [0.5, 0.6) is 0 Å². The van der Waals surface area contributed by atoms with Crippen molar-refractivity contribution in [2.24, 2.45) is 11.3 Å². The zero-order valence-corrected chi connectivity index (χ0v) is 13.2. The Kier molecular flexibility index (Phi) is 6.91. The molecule has 0 radical (unpaired) electrons. The van der Waals surface area contributed by atoms with E-state index < -0.39 is 23.7 Å². The number of rotatable bonds is 5. The largest absolute Gasteiger partial charge is 0.384 e. The summed E-state index contributed by atoms with van der Waals surface area (Å²) in [6, 6.07) is 0. The summed E-state index contributed by atoms with van der Waals surface area (Å²) in [5, 5.41) is 0. The van der Waals surface area contributed by atoms with Crippen molar-refractivity contribution >= 4 is 0 Å². The van der Waals surface area contributed by atoms with Gasteiger partial charge in [-0.05, 0) is 25.9 Å². The van der Waals surface area contributed by atoms with E-state index in [-0.39, 0.29) is 12.8 Å². The molecule has 2 fully saturated rings. The summed E-state index contributed by atoms with van der Waals surface area (Å²) in [5.41, 5.74) is -0.490. The SMILES string of the molecule is CC.COCC1(CN2CCC(C(F)F)CC2)CC(F)(F)C1. The normalized spacial score (nSPS) is 25.1. The van der Waals surface area contributed by atoms with E-state index in [4.69, 9.17) is 4.74 Å². The third kappa shape index (κ3) is 5.09. The van der Waals surface area contributed by atoms with Crippen molar-refractivity contribution in [3.63, 3.8) is 0 Å². The molecule has 2 aliphatic rings. The van der Waals surface area contributed by atoms with Crippen LogP contribution in [-0.2, 0) is 4.74 Å². The molecule has 1 saturated heterocycles. The summed E-state index contributed by atoms with van der Waals surface area (Å²) >= 11 is 0. The Morgan fingerprint density at radius 2 is 1.67 bits per heavy atom. The van der Waals surface area contributed by atoms with Crippen molar-refractivity contribution in [3.05, 3.63) is 0 Å². The van der Waals surface area contributed by atoms with Gasteiger partial charge in [0.25, 0.3) is 0 Å². The molecule has 0 unspecified atom stereocenters. The molecule has 6 heteroatoms. The number of hydrogen-bond donors (Lipinski definition) is 0. The third-order valence-electron chi connectivity index (χ3n) is 4.27. The molecule has 1 aliphatic heterocycles. The van der Waals surface area contributed by atoms with Crippen LogP contribution in [0.4, 0.5) is 17.6 Å². The summed E-state index contributed by atoms with van der Waals surface area (Å²) in [5.74, 6) is -3.11. The molecule has 2 rings (SSSR count). The Morgan fingerprint density at radius 3 is 2.05 bits per heavy atom. The van der Waals surface area contributed by atoms with E-state index in [1.54, 1.807) is 0 Å². The zero-order chi connectivity index (χ0) is 16.1. The lowest BCUT2D eigenvalue weighted by atomic mass is 9.66. The van der Waals surface area contributed by atoms with Gasteiger partial charge in [-0.15, -0.1) is 0 Å². The summed E-state index contributed by atoms with van der Waals surface area (Å²) < 4.78 is 56.4. The number of nitrogens with zero attached hydrogens (tertiary/aromatic N) is 1. The Hall–Kier alpha value is -0.360. The van der Waals surface area contributed by atoms with Crippen molar-refractivity contribution < 1.29 is 22.3 Å². The molecule has 0 aromatic rings. The lowest BCUT2D eigenvalue weighted by Crippen LogP contribution is -2.55. The maximum absolute atomic E-state index is 13.1. The lowest BCUT2D eigenvalue weighted by molar-refractivity contribution is -0.188. The minimum atomic E-state index is -2.58. The molecule has 0 bridgehead atoms. The van der Waals surface area contributed by atoms with Crippen molar-refractivity contribution in [1.29, 1.82) is 0 Å². The van der Waals surface area contributed by atoms with Crippen LogP contribution in [0.3, 0.4) is 0 Å². The molecule has 2 nitrogen and oxygen atoms in total. The van der Waals surface area contributed by atoms with Crippen LogP contribution < -0.4 is 0 Å². The molecular weight excluding hydrogens is 286 g/mol. The van der Waals surface area contributed by atoms with Crippen LogP contribution in [0.1, 0.15) is 39.5 Å². The van der Waals surface area contributed by atoms with Crippen LogP contribution in [0.15, 0.2) is 0 Å². The number of methoxy groups -OCH3 is 1.